The SMILES string of the molecule is Cc1cc(F)cc(-c2ncc(C(=O)N[C@@H]3C[C@@H](C)NC3=O)s2)c1. The Hall–Kier alpha value is -2.28. The van der Waals surface area contributed by atoms with E-state index in [1.807, 2.05) is 13.0 Å². The van der Waals surface area contributed by atoms with Gasteiger partial charge >= 0.3 is 0 Å². The number of nitrogens with zero attached hydrogens (tertiary/aromatic N) is 1. The van der Waals surface area contributed by atoms with Crippen LogP contribution >= 0.6 is 11.3 Å². The van der Waals surface area contributed by atoms with Crippen molar-refractivity contribution in [3.63, 3.8) is 0 Å². The van der Waals surface area contributed by atoms with E-state index in [1.54, 1.807) is 6.92 Å². The highest BCUT2D eigenvalue weighted by Gasteiger charge is 2.31. The third-order valence-electron chi connectivity index (χ3n) is 3.62. The monoisotopic (exact) mass is 333 g/mol. The van der Waals surface area contributed by atoms with Crippen molar-refractivity contribution >= 4 is 23.2 Å². The smallest absolute Gasteiger partial charge is 0.263 e. The molecule has 0 saturated carbocycles. The molecule has 2 aromatic rings. The first-order valence-electron chi connectivity index (χ1n) is 7.27. The van der Waals surface area contributed by atoms with Gasteiger partial charge in [0.1, 0.15) is 21.7 Å². The van der Waals surface area contributed by atoms with Crippen LogP contribution in [0.15, 0.2) is 24.4 Å². The molecule has 0 unspecified atom stereocenters. The summed E-state index contributed by atoms with van der Waals surface area (Å²) < 4.78 is 13.5. The molecule has 0 bridgehead atoms. The van der Waals surface area contributed by atoms with Gasteiger partial charge in [0.25, 0.3) is 5.91 Å². The molecule has 3 rings (SSSR count). The normalized spacial score (nSPS) is 20.4. The number of aryl methyl sites for hydroxylation is 1. The van der Waals surface area contributed by atoms with Crippen molar-refractivity contribution in [1.29, 1.82) is 0 Å². The summed E-state index contributed by atoms with van der Waals surface area (Å²) >= 11 is 1.18. The molecule has 1 aromatic carbocycles. The van der Waals surface area contributed by atoms with E-state index in [9.17, 15) is 14.0 Å². The number of hydrogen-bond acceptors (Lipinski definition) is 4. The molecule has 23 heavy (non-hydrogen) atoms. The van der Waals surface area contributed by atoms with Crippen LogP contribution in [0.1, 0.15) is 28.6 Å². The average Bonchev–Trinajstić information content (AvgIpc) is 3.05. The number of nitrogens with one attached hydrogen (secondary N) is 2. The quantitative estimate of drug-likeness (QED) is 0.905. The molecule has 1 saturated heterocycles. The number of thiazole rings is 1. The second-order valence-electron chi connectivity index (χ2n) is 5.72. The maximum atomic E-state index is 13.5. The van der Waals surface area contributed by atoms with Gasteiger partial charge in [0, 0.05) is 11.6 Å². The van der Waals surface area contributed by atoms with Crippen LogP contribution in [0.2, 0.25) is 0 Å². The van der Waals surface area contributed by atoms with Crippen LogP contribution < -0.4 is 10.6 Å². The van der Waals surface area contributed by atoms with Gasteiger partial charge in [-0.2, -0.15) is 0 Å². The Morgan fingerprint density at radius 1 is 1.43 bits per heavy atom. The van der Waals surface area contributed by atoms with Crippen LogP contribution in [-0.4, -0.2) is 28.9 Å². The second kappa shape index (κ2) is 6.08. The molecule has 120 valence electrons. The van der Waals surface area contributed by atoms with Crippen molar-refractivity contribution in [2.75, 3.05) is 0 Å². The third-order valence-corrected chi connectivity index (χ3v) is 4.66. The minimum atomic E-state index is -0.514. The standard InChI is InChI=1S/C16H16FN3O2S/c1-8-3-10(6-11(17)4-8)16-18-7-13(23-16)15(22)20-12-5-9(2)19-14(12)21/h3-4,6-7,9,12H,5H2,1-2H3,(H,19,21)(H,20,22)/t9-,12-/m1/s1. The Kier molecular flexibility index (Phi) is 4.12. The molecule has 1 fully saturated rings. The zero-order valence-electron chi connectivity index (χ0n) is 12.7. The first-order chi connectivity index (χ1) is 10.9. The number of amides is 2. The fraction of sp³-hybridized carbons (Fsp3) is 0.312. The minimum Gasteiger partial charge on any atom is -0.352 e. The van der Waals surface area contributed by atoms with Crippen molar-refractivity contribution in [2.45, 2.75) is 32.4 Å². The molecule has 1 aliphatic heterocycles. The van der Waals surface area contributed by atoms with Gasteiger partial charge in [-0.1, -0.05) is 0 Å². The molecule has 2 N–H and O–H groups in total. The molecule has 2 amide bonds. The Morgan fingerprint density at radius 3 is 2.87 bits per heavy atom. The number of benzene rings is 1. The van der Waals surface area contributed by atoms with Crippen molar-refractivity contribution in [3.05, 3.63) is 40.7 Å². The van der Waals surface area contributed by atoms with Gasteiger partial charge in [-0.3, -0.25) is 9.59 Å². The molecule has 2 heterocycles. The predicted octanol–water partition coefficient (Wildman–Crippen LogP) is 2.26. The maximum absolute atomic E-state index is 13.5. The van der Waals surface area contributed by atoms with Crippen LogP contribution in [0, 0.1) is 12.7 Å². The lowest BCUT2D eigenvalue weighted by molar-refractivity contribution is -0.120. The van der Waals surface area contributed by atoms with E-state index in [-0.39, 0.29) is 23.7 Å². The molecular weight excluding hydrogens is 317 g/mol. The Bertz CT molecular complexity index is 754. The number of carbonyl (C=O) groups excluding carboxylic acids is 2. The number of rotatable bonds is 3. The Labute approximate surface area is 136 Å². The number of hydrogen-bond donors (Lipinski definition) is 2. The Balaban J connectivity index is 1.76. The minimum absolute atomic E-state index is 0.0556. The van der Waals surface area contributed by atoms with Crippen LogP contribution in [0.25, 0.3) is 10.6 Å². The summed E-state index contributed by atoms with van der Waals surface area (Å²) in [6.45, 7) is 3.69. The summed E-state index contributed by atoms with van der Waals surface area (Å²) in [5.41, 5.74) is 1.43. The number of carbonyl (C=O) groups is 2. The van der Waals surface area contributed by atoms with E-state index in [4.69, 9.17) is 0 Å². The predicted molar refractivity (Wildman–Crippen MR) is 85.7 cm³/mol. The van der Waals surface area contributed by atoms with Crippen LogP contribution in [0.5, 0.6) is 0 Å². The molecule has 0 aliphatic carbocycles. The number of halogens is 1. The van der Waals surface area contributed by atoms with Gasteiger partial charge in [0.2, 0.25) is 5.91 Å². The summed E-state index contributed by atoms with van der Waals surface area (Å²) in [4.78, 5) is 28.5. The van der Waals surface area contributed by atoms with E-state index in [1.165, 1.54) is 29.7 Å². The topological polar surface area (TPSA) is 71.1 Å². The lowest BCUT2D eigenvalue weighted by Gasteiger charge is -2.08. The van der Waals surface area contributed by atoms with E-state index in [0.29, 0.717) is 21.9 Å². The van der Waals surface area contributed by atoms with E-state index < -0.39 is 6.04 Å². The van der Waals surface area contributed by atoms with Crippen molar-refractivity contribution in [3.8, 4) is 10.6 Å². The van der Waals surface area contributed by atoms with Gasteiger partial charge in [-0.25, -0.2) is 9.37 Å². The summed E-state index contributed by atoms with van der Waals surface area (Å²) in [5.74, 6) is -0.842. The fourth-order valence-electron chi connectivity index (χ4n) is 2.59. The van der Waals surface area contributed by atoms with Crippen molar-refractivity contribution in [2.24, 2.45) is 0 Å². The highest BCUT2D eigenvalue weighted by Crippen LogP contribution is 2.27. The van der Waals surface area contributed by atoms with Gasteiger partial charge in [-0.15, -0.1) is 11.3 Å². The van der Waals surface area contributed by atoms with E-state index in [2.05, 4.69) is 15.6 Å². The molecule has 0 spiro atoms. The zero-order chi connectivity index (χ0) is 16.6. The number of aromatic nitrogens is 1. The molecule has 0 radical (unpaired) electrons. The van der Waals surface area contributed by atoms with Gasteiger partial charge in [0.05, 0.1) is 6.20 Å². The summed E-state index contributed by atoms with van der Waals surface area (Å²) in [7, 11) is 0. The highest BCUT2D eigenvalue weighted by molar-refractivity contribution is 7.16. The largest absolute Gasteiger partial charge is 0.352 e. The zero-order valence-corrected chi connectivity index (χ0v) is 13.5. The molecule has 2 atom stereocenters. The van der Waals surface area contributed by atoms with Gasteiger partial charge < -0.3 is 10.6 Å². The molecule has 7 heteroatoms. The van der Waals surface area contributed by atoms with Gasteiger partial charge in [-0.05, 0) is 44.0 Å². The van der Waals surface area contributed by atoms with E-state index in [0.717, 1.165) is 5.56 Å². The maximum Gasteiger partial charge on any atom is 0.263 e. The first kappa shape index (κ1) is 15.6. The molecule has 1 aliphatic rings. The average molecular weight is 333 g/mol. The van der Waals surface area contributed by atoms with Crippen molar-refractivity contribution < 1.29 is 14.0 Å². The first-order valence-corrected chi connectivity index (χ1v) is 8.08. The van der Waals surface area contributed by atoms with Crippen LogP contribution in [-0.2, 0) is 4.79 Å². The van der Waals surface area contributed by atoms with Crippen LogP contribution in [0.3, 0.4) is 0 Å². The summed E-state index contributed by atoms with van der Waals surface area (Å²) in [5, 5.41) is 6.04. The van der Waals surface area contributed by atoms with E-state index >= 15 is 0 Å². The Morgan fingerprint density at radius 2 is 2.22 bits per heavy atom. The second-order valence-corrected chi connectivity index (χ2v) is 6.75. The molecule has 1 aromatic heterocycles. The van der Waals surface area contributed by atoms with Gasteiger partial charge in [0.15, 0.2) is 0 Å². The fourth-order valence-corrected chi connectivity index (χ4v) is 3.40. The summed E-state index contributed by atoms with van der Waals surface area (Å²) in [6.07, 6.45) is 2.02. The third kappa shape index (κ3) is 3.39. The summed E-state index contributed by atoms with van der Waals surface area (Å²) in [6, 6.07) is 4.18. The lowest BCUT2D eigenvalue weighted by Crippen LogP contribution is -2.39. The molecular formula is C16H16FN3O2S. The highest BCUT2D eigenvalue weighted by atomic mass is 32.1. The van der Waals surface area contributed by atoms with Crippen molar-refractivity contribution in [1.82, 2.24) is 15.6 Å². The molecule has 5 nitrogen and oxygen atoms in total. The lowest BCUT2D eigenvalue weighted by atomic mass is 10.1. The van der Waals surface area contributed by atoms with Crippen LogP contribution in [0.4, 0.5) is 4.39 Å².